The molecule has 1 aliphatic rings. The molecule has 1 aliphatic heterocycles. The Hall–Kier alpha value is -2.12. The number of halogens is 2. The number of nitrogens with zero attached hydrogens (tertiary/aromatic N) is 2. The monoisotopic (exact) mass is 382 g/mol. The highest BCUT2D eigenvalue weighted by atomic mass is 35.5. The summed E-state index contributed by atoms with van der Waals surface area (Å²) in [5.41, 5.74) is 0. The minimum atomic E-state index is -0.535. The van der Waals surface area contributed by atoms with Crippen LogP contribution in [0.4, 0.5) is 4.39 Å². The third-order valence-corrected chi connectivity index (χ3v) is 5.05. The molecule has 0 saturated carbocycles. The largest absolute Gasteiger partial charge is 0.484 e. The van der Waals surface area contributed by atoms with Crippen molar-refractivity contribution >= 4 is 34.8 Å². The maximum Gasteiger partial charge on any atom is 0.264 e. The lowest BCUT2D eigenvalue weighted by Gasteiger charge is -2.34. The van der Waals surface area contributed by atoms with Crippen molar-refractivity contribution in [2.75, 3.05) is 32.8 Å². The van der Waals surface area contributed by atoms with Crippen LogP contribution in [0.1, 0.15) is 9.67 Å². The topological polar surface area (TPSA) is 49.9 Å². The molecule has 0 N–H and O–H groups in total. The second-order valence-corrected chi connectivity index (χ2v) is 6.87. The fourth-order valence-corrected chi connectivity index (χ4v) is 3.38. The summed E-state index contributed by atoms with van der Waals surface area (Å²) in [4.78, 5) is 28.6. The second-order valence-electron chi connectivity index (χ2n) is 5.51. The Morgan fingerprint density at radius 3 is 2.52 bits per heavy atom. The Labute approximate surface area is 153 Å². The van der Waals surface area contributed by atoms with Gasteiger partial charge in [-0.25, -0.2) is 4.39 Å². The molecule has 0 radical (unpaired) electrons. The fourth-order valence-electron chi connectivity index (χ4n) is 2.52. The molecule has 1 saturated heterocycles. The molecule has 0 atom stereocenters. The molecule has 8 heteroatoms. The molecule has 25 heavy (non-hydrogen) atoms. The van der Waals surface area contributed by atoms with Gasteiger partial charge in [0.1, 0.15) is 11.6 Å². The number of piperazine rings is 1. The molecule has 2 amide bonds. The third-order valence-electron chi connectivity index (χ3n) is 3.90. The van der Waals surface area contributed by atoms with Crippen molar-refractivity contribution in [1.29, 1.82) is 0 Å². The molecule has 0 spiro atoms. The Morgan fingerprint density at radius 2 is 1.88 bits per heavy atom. The van der Waals surface area contributed by atoms with E-state index in [1.165, 1.54) is 29.5 Å². The smallest absolute Gasteiger partial charge is 0.264 e. The first-order valence-corrected chi connectivity index (χ1v) is 8.99. The first-order chi connectivity index (χ1) is 12.0. The van der Waals surface area contributed by atoms with Crippen LogP contribution in [0.5, 0.6) is 5.75 Å². The normalized spacial score (nSPS) is 14.5. The molecule has 0 aliphatic carbocycles. The minimum absolute atomic E-state index is 0.000645. The van der Waals surface area contributed by atoms with Crippen LogP contribution < -0.4 is 4.74 Å². The maximum atomic E-state index is 13.1. The van der Waals surface area contributed by atoms with E-state index in [0.717, 1.165) is 0 Å². The van der Waals surface area contributed by atoms with Crippen LogP contribution in [0.2, 0.25) is 5.02 Å². The van der Waals surface area contributed by atoms with E-state index in [4.69, 9.17) is 16.3 Å². The number of amides is 2. The molecule has 1 fully saturated rings. The van der Waals surface area contributed by atoms with E-state index in [0.29, 0.717) is 36.8 Å². The summed E-state index contributed by atoms with van der Waals surface area (Å²) >= 11 is 7.09. The highest BCUT2D eigenvalue weighted by molar-refractivity contribution is 7.12. The number of benzene rings is 1. The van der Waals surface area contributed by atoms with Crippen molar-refractivity contribution in [3.05, 3.63) is 51.4 Å². The molecule has 2 aromatic rings. The zero-order valence-electron chi connectivity index (χ0n) is 13.3. The number of rotatable bonds is 4. The lowest BCUT2D eigenvalue weighted by molar-refractivity contribution is -0.134. The van der Waals surface area contributed by atoms with E-state index >= 15 is 0 Å². The minimum Gasteiger partial charge on any atom is -0.484 e. The summed E-state index contributed by atoms with van der Waals surface area (Å²) in [5, 5.41) is 1.82. The van der Waals surface area contributed by atoms with Crippen molar-refractivity contribution in [3.63, 3.8) is 0 Å². The van der Waals surface area contributed by atoms with Gasteiger partial charge in [-0.15, -0.1) is 11.3 Å². The predicted octanol–water partition coefficient (Wildman–Crippen LogP) is 2.90. The molecule has 0 unspecified atom stereocenters. The average Bonchev–Trinajstić information content (AvgIpc) is 3.16. The summed E-state index contributed by atoms with van der Waals surface area (Å²) in [6, 6.07) is 7.59. The SMILES string of the molecule is O=C(COc1ccc(F)c(Cl)c1)N1CCN(C(=O)c2cccs2)CC1. The summed E-state index contributed by atoms with van der Waals surface area (Å²) in [6.07, 6.45) is 0. The van der Waals surface area contributed by atoms with Crippen molar-refractivity contribution in [2.45, 2.75) is 0 Å². The predicted molar refractivity (Wildman–Crippen MR) is 93.7 cm³/mol. The Kier molecular flexibility index (Phi) is 5.55. The summed E-state index contributed by atoms with van der Waals surface area (Å²) < 4.78 is 18.5. The first kappa shape index (κ1) is 17.7. The lowest BCUT2D eigenvalue weighted by atomic mass is 10.3. The first-order valence-electron chi connectivity index (χ1n) is 7.73. The molecule has 2 heterocycles. The van der Waals surface area contributed by atoms with Gasteiger partial charge in [0.15, 0.2) is 6.61 Å². The molecular formula is C17H16ClFN2O3S. The number of hydrogen-bond donors (Lipinski definition) is 0. The van der Waals surface area contributed by atoms with E-state index in [1.807, 2.05) is 11.4 Å². The molecule has 1 aromatic carbocycles. The number of ether oxygens (including phenoxy) is 1. The quantitative estimate of drug-likeness (QED) is 0.817. The summed E-state index contributed by atoms with van der Waals surface area (Å²) in [6.45, 7) is 1.75. The molecule has 1 aromatic heterocycles. The molecule has 3 rings (SSSR count). The number of carbonyl (C=O) groups excluding carboxylic acids is 2. The van der Waals surface area contributed by atoms with Crippen LogP contribution in [0.25, 0.3) is 0 Å². The number of hydrogen-bond acceptors (Lipinski definition) is 4. The number of thiophene rings is 1. The zero-order chi connectivity index (χ0) is 17.8. The lowest BCUT2D eigenvalue weighted by Crippen LogP contribution is -2.51. The van der Waals surface area contributed by atoms with Crippen LogP contribution in [0, 0.1) is 5.82 Å². The van der Waals surface area contributed by atoms with Gasteiger partial charge in [-0.05, 0) is 23.6 Å². The van der Waals surface area contributed by atoms with Gasteiger partial charge in [0.2, 0.25) is 0 Å². The van der Waals surface area contributed by atoms with Gasteiger partial charge >= 0.3 is 0 Å². The van der Waals surface area contributed by atoms with Crippen LogP contribution >= 0.6 is 22.9 Å². The van der Waals surface area contributed by atoms with Gasteiger partial charge in [-0.3, -0.25) is 9.59 Å². The van der Waals surface area contributed by atoms with Gasteiger partial charge in [-0.1, -0.05) is 17.7 Å². The van der Waals surface area contributed by atoms with Gasteiger partial charge in [0, 0.05) is 32.2 Å². The molecule has 5 nitrogen and oxygen atoms in total. The molecular weight excluding hydrogens is 367 g/mol. The Bertz CT molecular complexity index is 761. The maximum absolute atomic E-state index is 13.1. The van der Waals surface area contributed by atoms with Crippen LogP contribution in [-0.2, 0) is 4.79 Å². The summed E-state index contributed by atoms with van der Waals surface area (Å²) in [5.74, 6) is -0.374. The van der Waals surface area contributed by atoms with Gasteiger partial charge in [0.25, 0.3) is 11.8 Å². The van der Waals surface area contributed by atoms with Crippen LogP contribution in [-0.4, -0.2) is 54.4 Å². The van der Waals surface area contributed by atoms with E-state index in [9.17, 15) is 14.0 Å². The fraction of sp³-hybridized carbons (Fsp3) is 0.294. The van der Waals surface area contributed by atoms with Gasteiger partial charge in [0.05, 0.1) is 9.90 Å². The second kappa shape index (κ2) is 7.84. The zero-order valence-corrected chi connectivity index (χ0v) is 14.9. The standard InChI is InChI=1S/C17H16ClFN2O3S/c18-13-10-12(3-4-14(13)19)24-11-16(22)20-5-7-21(8-6-20)17(23)15-2-1-9-25-15/h1-4,9-10H,5-8,11H2. The van der Waals surface area contributed by atoms with E-state index in [1.54, 1.807) is 15.9 Å². The van der Waals surface area contributed by atoms with Crippen molar-refractivity contribution in [3.8, 4) is 5.75 Å². The highest BCUT2D eigenvalue weighted by Crippen LogP contribution is 2.21. The van der Waals surface area contributed by atoms with Crippen LogP contribution in [0.3, 0.4) is 0 Å². The van der Waals surface area contributed by atoms with Gasteiger partial charge < -0.3 is 14.5 Å². The van der Waals surface area contributed by atoms with E-state index < -0.39 is 5.82 Å². The van der Waals surface area contributed by atoms with Crippen molar-refractivity contribution < 1.29 is 18.7 Å². The number of carbonyl (C=O) groups is 2. The van der Waals surface area contributed by atoms with E-state index in [2.05, 4.69) is 0 Å². The van der Waals surface area contributed by atoms with Gasteiger partial charge in [-0.2, -0.15) is 0 Å². The van der Waals surface area contributed by atoms with Crippen LogP contribution in [0.15, 0.2) is 35.7 Å². The highest BCUT2D eigenvalue weighted by Gasteiger charge is 2.25. The average molecular weight is 383 g/mol. The van der Waals surface area contributed by atoms with E-state index in [-0.39, 0.29) is 23.4 Å². The molecule has 132 valence electrons. The summed E-state index contributed by atoms with van der Waals surface area (Å²) in [7, 11) is 0. The van der Waals surface area contributed by atoms with Crippen molar-refractivity contribution in [2.24, 2.45) is 0 Å². The Morgan fingerprint density at radius 1 is 1.16 bits per heavy atom. The Balaban J connectivity index is 1.48. The molecule has 0 bridgehead atoms. The van der Waals surface area contributed by atoms with Crippen molar-refractivity contribution in [1.82, 2.24) is 9.80 Å². The third kappa shape index (κ3) is 4.29.